The highest BCUT2D eigenvalue weighted by Gasteiger charge is 2.47. The minimum atomic E-state index is 0.135. The zero-order valence-corrected chi connectivity index (χ0v) is 12.1. The number of amides is 1. The second-order valence-electron chi connectivity index (χ2n) is 6.28. The molecule has 1 aliphatic heterocycles. The van der Waals surface area contributed by atoms with E-state index in [9.17, 15) is 4.79 Å². The Kier molecular flexibility index (Phi) is 2.71. The largest absolute Gasteiger partial charge is 0.318 e. The molecule has 1 aromatic heterocycles. The van der Waals surface area contributed by atoms with Gasteiger partial charge in [-0.2, -0.15) is 0 Å². The average molecular weight is 276 g/mol. The summed E-state index contributed by atoms with van der Waals surface area (Å²) >= 11 is 1.81. The summed E-state index contributed by atoms with van der Waals surface area (Å²) in [6, 6.07) is 4.83. The van der Waals surface area contributed by atoms with Crippen molar-refractivity contribution in [3.63, 3.8) is 0 Å². The van der Waals surface area contributed by atoms with Gasteiger partial charge in [-0.3, -0.25) is 10.1 Å². The Morgan fingerprint density at radius 1 is 1.32 bits per heavy atom. The predicted molar refractivity (Wildman–Crippen MR) is 75.9 cm³/mol. The van der Waals surface area contributed by atoms with Crippen molar-refractivity contribution < 1.29 is 4.79 Å². The number of fused-ring (bicyclic) bond motifs is 2. The van der Waals surface area contributed by atoms with Crippen LogP contribution in [-0.4, -0.2) is 23.4 Å². The van der Waals surface area contributed by atoms with Crippen molar-refractivity contribution in [2.24, 2.45) is 11.8 Å². The third kappa shape index (κ3) is 1.84. The van der Waals surface area contributed by atoms with Gasteiger partial charge < -0.3 is 4.90 Å². The van der Waals surface area contributed by atoms with E-state index in [0.717, 1.165) is 11.8 Å². The van der Waals surface area contributed by atoms with E-state index >= 15 is 0 Å². The Bertz CT molecular complexity index is 512. The summed E-state index contributed by atoms with van der Waals surface area (Å²) in [4.78, 5) is 17.1. The minimum Gasteiger partial charge on any atom is -0.318 e. The molecule has 3 fully saturated rings. The monoisotopic (exact) mass is 276 g/mol. The van der Waals surface area contributed by atoms with Gasteiger partial charge in [-0.05, 0) is 50.2 Å². The van der Waals surface area contributed by atoms with E-state index in [1.54, 1.807) is 0 Å². The molecule has 2 bridgehead atoms. The van der Waals surface area contributed by atoms with Crippen molar-refractivity contribution in [3.05, 3.63) is 21.9 Å². The summed E-state index contributed by atoms with van der Waals surface area (Å²) in [6.45, 7) is 2.64. The maximum Gasteiger partial charge on any atom is 0.238 e. The molecule has 2 saturated carbocycles. The second-order valence-corrected chi connectivity index (χ2v) is 7.59. The highest BCUT2D eigenvalue weighted by Crippen LogP contribution is 2.48. The lowest BCUT2D eigenvalue weighted by Gasteiger charge is -2.35. The van der Waals surface area contributed by atoms with Gasteiger partial charge in [-0.25, -0.2) is 0 Å². The molecule has 4 rings (SSSR count). The van der Waals surface area contributed by atoms with Crippen molar-refractivity contribution >= 4 is 17.2 Å². The third-order valence-electron chi connectivity index (χ3n) is 5.10. The first-order chi connectivity index (χ1) is 9.22. The molecule has 1 N–H and O–H groups in total. The highest BCUT2D eigenvalue weighted by atomic mass is 32.1. The second kappa shape index (κ2) is 4.32. The predicted octanol–water partition coefficient (Wildman–Crippen LogP) is 2.68. The van der Waals surface area contributed by atoms with Gasteiger partial charge in [0.1, 0.15) is 6.17 Å². The van der Waals surface area contributed by atoms with E-state index in [4.69, 9.17) is 0 Å². The maximum atomic E-state index is 12.3. The Morgan fingerprint density at radius 3 is 2.84 bits per heavy atom. The van der Waals surface area contributed by atoms with Gasteiger partial charge in [-0.15, -0.1) is 11.3 Å². The average Bonchev–Trinajstić information content (AvgIpc) is 3.11. The summed E-state index contributed by atoms with van der Waals surface area (Å²) in [6.07, 6.45) is 5.44. The van der Waals surface area contributed by atoms with Crippen LogP contribution in [0.4, 0.5) is 0 Å². The first-order valence-corrected chi connectivity index (χ1v) is 8.15. The van der Waals surface area contributed by atoms with Crippen molar-refractivity contribution in [1.29, 1.82) is 0 Å². The van der Waals surface area contributed by atoms with Gasteiger partial charge in [0.25, 0.3) is 0 Å². The number of thiophene rings is 1. The van der Waals surface area contributed by atoms with E-state index in [1.807, 2.05) is 11.3 Å². The summed E-state index contributed by atoms with van der Waals surface area (Å²) in [7, 11) is 0. The first kappa shape index (κ1) is 11.9. The molecule has 3 nitrogen and oxygen atoms in total. The van der Waals surface area contributed by atoms with Gasteiger partial charge in [0.15, 0.2) is 0 Å². The number of hydrogen-bond donors (Lipinski definition) is 1. The number of carbonyl (C=O) groups is 1. The standard InChI is InChI=1S/C15H20N2OS/c1-9-2-5-13(19-9)15-16-8-14(18)17(15)12-7-10-3-4-11(12)6-10/h2,5,10-12,15-16H,3-4,6-8H2,1H3. The van der Waals surface area contributed by atoms with Crippen LogP contribution in [0.5, 0.6) is 0 Å². The smallest absolute Gasteiger partial charge is 0.238 e. The molecular formula is C15H20N2OS. The van der Waals surface area contributed by atoms with Crippen LogP contribution in [0, 0.1) is 18.8 Å². The van der Waals surface area contributed by atoms with Gasteiger partial charge >= 0.3 is 0 Å². The minimum absolute atomic E-state index is 0.135. The lowest BCUT2D eigenvalue weighted by atomic mass is 9.93. The molecule has 19 heavy (non-hydrogen) atoms. The lowest BCUT2D eigenvalue weighted by molar-refractivity contribution is -0.131. The van der Waals surface area contributed by atoms with Crippen molar-refractivity contribution in [3.8, 4) is 0 Å². The van der Waals surface area contributed by atoms with Gasteiger partial charge in [0.2, 0.25) is 5.91 Å². The summed E-state index contributed by atoms with van der Waals surface area (Å²) in [5, 5.41) is 3.41. The zero-order valence-electron chi connectivity index (χ0n) is 11.3. The highest BCUT2D eigenvalue weighted by molar-refractivity contribution is 7.12. The molecule has 1 aromatic rings. The van der Waals surface area contributed by atoms with Crippen molar-refractivity contribution in [2.75, 3.05) is 6.54 Å². The Labute approximate surface area is 118 Å². The topological polar surface area (TPSA) is 32.3 Å². The Morgan fingerprint density at radius 2 is 2.21 bits per heavy atom. The molecule has 0 spiro atoms. The van der Waals surface area contributed by atoms with Crippen LogP contribution in [0.25, 0.3) is 0 Å². The molecule has 1 saturated heterocycles. The molecule has 4 unspecified atom stereocenters. The van der Waals surface area contributed by atoms with E-state index in [2.05, 4.69) is 29.3 Å². The zero-order chi connectivity index (χ0) is 13.0. The maximum absolute atomic E-state index is 12.3. The molecule has 102 valence electrons. The van der Waals surface area contributed by atoms with Crippen molar-refractivity contribution in [2.45, 2.75) is 44.8 Å². The van der Waals surface area contributed by atoms with Crippen LogP contribution in [0.1, 0.15) is 41.6 Å². The molecule has 4 heteroatoms. The molecule has 1 amide bonds. The van der Waals surface area contributed by atoms with Crippen molar-refractivity contribution in [1.82, 2.24) is 10.2 Å². The SMILES string of the molecule is Cc1ccc(C2NCC(=O)N2C2CC3CCC2C3)s1. The van der Waals surface area contributed by atoms with Crippen LogP contribution in [-0.2, 0) is 4.79 Å². The molecule has 2 aliphatic carbocycles. The molecule has 4 atom stereocenters. The molecule has 3 aliphatic rings. The van der Waals surface area contributed by atoms with Gasteiger partial charge in [-0.1, -0.05) is 6.42 Å². The third-order valence-corrected chi connectivity index (χ3v) is 6.15. The van der Waals surface area contributed by atoms with E-state index in [1.165, 1.54) is 35.4 Å². The van der Waals surface area contributed by atoms with E-state index in [-0.39, 0.29) is 6.17 Å². The van der Waals surface area contributed by atoms with Gasteiger partial charge in [0, 0.05) is 15.8 Å². The van der Waals surface area contributed by atoms with Crippen LogP contribution in [0.3, 0.4) is 0 Å². The summed E-state index contributed by atoms with van der Waals surface area (Å²) in [5.41, 5.74) is 0. The number of nitrogens with one attached hydrogen (secondary N) is 1. The summed E-state index contributed by atoms with van der Waals surface area (Å²) in [5.74, 6) is 1.94. The molecule has 0 radical (unpaired) electrons. The van der Waals surface area contributed by atoms with Crippen LogP contribution >= 0.6 is 11.3 Å². The number of nitrogens with zero attached hydrogens (tertiary/aromatic N) is 1. The number of aryl methyl sites for hydroxylation is 1. The molecule has 0 aromatic carbocycles. The van der Waals surface area contributed by atoms with Crippen LogP contribution in [0.2, 0.25) is 0 Å². The fraction of sp³-hybridized carbons (Fsp3) is 0.667. The first-order valence-electron chi connectivity index (χ1n) is 7.33. The fourth-order valence-electron chi connectivity index (χ4n) is 4.28. The van der Waals surface area contributed by atoms with Crippen LogP contribution in [0.15, 0.2) is 12.1 Å². The lowest BCUT2D eigenvalue weighted by Crippen LogP contribution is -2.42. The summed E-state index contributed by atoms with van der Waals surface area (Å²) < 4.78 is 0. The van der Waals surface area contributed by atoms with E-state index < -0.39 is 0 Å². The number of carbonyl (C=O) groups excluding carboxylic acids is 1. The number of rotatable bonds is 2. The van der Waals surface area contributed by atoms with Gasteiger partial charge in [0.05, 0.1) is 6.54 Å². The fourth-order valence-corrected chi connectivity index (χ4v) is 5.24. The number of hydrogen-bond acceptors (Lipinski definition) is 3. The molecule has 2 heterocycles. The molecular weight excluding hydrogens is 256 g/mol. The quantitative estimate of drug-likeness (QED) is 0.900. The normalized spacial score (nSPS) is 37.5. The van der Waals surface area contributed by atoms with E-state index in [0.29, 0.717) is 18.5 Å². The van der Waals surface area contributed by atoms with Crippen LogP contribution < -0.4 is 5.32 Å². The Hall–Kier alpha value is -0.870. The Balaban J connectivity index is 1.63.